The monoisotopic (exact) mass is 239 g/mol. The zero-order valence-corrected chi connectivity index (χ0v) is 10.8. The molecule has 6 nitrogen and oxygen atoms in total. The van der Waals surface area contributed by atoms with Gasteiger partial charge in [0.05, 0.1) is 0 Å². The van der Waals surface area contributed by atoms with Crippen molar-refractivity contribution in [1.82, 2.24) is 20.5 Å². The lowest BCUT2D eigenvalue weighted by Gasteiger charge is -2.24. The second kappa shape index (κ2) is 5.65. The molecule has 17 heavy (non-hydrogen) atoms. The number of carbonyl (C=O) groups is 1. The van der Waals surface area contributed by atoms with Gasteiger partial charge in [0.2, 0.25) is 11.8 Å². The van der Waals surface area contributed by atoms with Gasteiger partial charge in [-0.2, -0.15) is 4.98 Å². The molecular formula is C11H21N5O. The molecule has 96 valence electrons. The number of nitrogens with two attached hydrogens (primary N) is 1. The van der Waals surface area contributed by atoms with Crippen LogP contribution >= 0.6 is 0 Å². The van der Waals surface area contributed by atoms with Gasteiger partial charge in [0.25, 0.3) is 5.91 Å². The predicted octanol–water partition coefficient (Wildman–Crippen LogP) is 1.04. The number of amides is 1. The van der Waals surface area contributed by atoms with Gasteiger partial charge in [-0.3, -0.25) is 9.89 Å². The second-order valence-corrected chi connectivity index (χ2v) is 4.90. The van der Waals surface area contributed by atoms with Crippen molar-refractivity contribution >= 4 is 11.9 Å². The molecule has 0 radical (unpaired) electrons. The van der Waals surface area contributed by atoms with Gasteiger partial charge in [-0.1, -0.05) is 27.7 Å². The molecule has 0 saturated carbocycles. The van der Waals surface area contributed by atoms with E-state index in [9.17, 15) is 4.79 Å². The summed E-state index contributed by atoms with van der Waals surface area (Å²) >= 11 is 0. The molecule has 6 heteroatoms. The number of nitrogen functional groups attached to an aromatic ring is 1. The Morgan fingerprint density at radius 1 is 1.35 bits per heavy atom. The lowest BCUT2D eigenvalue weighted by atomic mass is 9.85. The van der Waals surface area contributed by atoms with Gasteiger partial charge >= 0.3 is 0 Å². The summed E-state index contributed by atoms with van der Waals surface area (Å²) in [4.78, 5) is 15.5. The van der Waals surface area contributed by atoms with Gasteiger partial charge in [-0.05, 0) is 17.8 Å². The van der Waals surface area contributed by atoms with E-state index in [0.717, 1.165) is 0 Å². The van der Waals surface area contributed by atoms with E-state index in [-0.39, 0.29) is 17.7 Å². The second-order valence-electron chi connectivity index (χ2n) is 4.90. The van der Waals surface area contributed by atoms with Crippen LogP contribution < -0.4 is 11.1 Å². The molecule has 0 fully saturated rings. The van der Waals surface area contributed by atoms with E-state index in [0.29, 0.717) is 24.3 Å². The van der Waals surface area contributed by atoms with Gasteiger partial charge in [-0.25, -0.2) is 0 Å². The Bertz CT molecular complexity index is 364. The maximum absolute atomic E-state index is 11.7. The molecule has 0 bridgehead atoms. The van der Waals surface area contributed by atoms with Crippen LogP contribution in [0.5, 0.6) is 0 Å². The third-order valence-corrected chi connectivity index (χ3v) is 2.93. The number of rotatable bonds is 5. The molecule has 1 amide bonds. The van der Waals surface area contributed by atoms with Crippen LogP contribution in [0.2, 0.25) is 0 Å². The molecule has 1 aromatic heterocycles. The average molecular weight is 239 g/mol. The lowest BCUT2D eigenvalue weighted by molar-refractivity contribution is 0.0927. The molecule has 0 spiro atoms. The van der Waals surface area contributed by atoms with Crippen LogP contribution in [0.15, 0.2) is 0 Å². The van der Waals surface area contributed by atoms with Crippen molar-refractivity contribution < 1.29 is 4.79 Å². The maximum Gasteiger partial charge on any atom is 0.288 e. The zero-order chi connectivity index (χ0) is 13.0. The van der Waals surface area contributed by atoms with Gasteiger partial charge in [0, 0.05) is 6.54 Å². The van der Waals surface area contributed by atoms with Crippen molar-refractivity contribution in [2.45, 2.75) is 27.7 Å². The highest BCUT2D eigenvalue weighted by atomic mass is 16.2. The Balaban J connectivity index is 2.52. The average Bonchev–Trinajstić information content (AvgIpc) is 2.63. The van der Waals surface area contributed by atoms with Crippen molar-refractivity contribution in [2.75, 3.05) is 12.3 Å². The first-order valence-corrected chi connectivity index (χ1v) is 5.88. The lowest BCUT2D eigenvalue weighted by Crippen LogP contribution is -2.34. The van der Waals surface area contributed by atoms with E-state index >= 15 is 0 Å². The smallest absolute Gasteiger partial charge is 0.288 e. The van der Waals surface area contributed by atoms with Gasteiger partial charge < -0.3 is 11.1 Å². The third-order valence-electron chi connectivity index (χ3n) is 2.93. The Morgan fingerprint density at radius 2 is 1.94 bits per heavy atom. The van der Waals surface area contributed by atoms with Crippen LogP contribution in [0, 0.1) is 17.8 Å². The SMILES string of the molecule is CC(C)C(CNC(=O)c1nc(N)n[nH]1)C(C)C. The van der Waals surface area contributed by atoms with E-state index in [2.05, 4.69) is 48.2 Å². The Morgan fingerprint density at radius 3 is 2.35 bits per heavy atom. The number of H-pyrrole nitrogens is 1. The summed E-state index contributed by atoms with van der Waals surface area (Å²) in [6, 6.07) is 0. The molecule has 0 aromatic carbocycles. The summed E-state index contributed by atoms with van der Waals surface area (Å²) in [6.07, 6.45) is 0. The topological polar surface area (TPSA) is 96.7 Å². The van der Waals surface area contributed by atoms with E-state index in [1.807, 2.05) is 0 Å². The molecule has 4 N–H and O–H groups in total. The molecule has 0 aliphatic carbocycles. The third kappa shape index (κ3) is 3.72. The Labute approximate surface area is 101 Å². The van der Waals surface area contributed by atoms with E-state index in [1.165, 1.54) is 0 Å². The number of aromatic nitrogens is 3. The molecular weight excluding hydrogens is 218 g/mol. The summed E-state index contributed by atoms with van der Waals surface area (Å²) in [6.45, 7) is 9.26. The summed E-state index contributed by atoms with van der Waals surface area (Å²) in [5, 5.41) is 8.95. The number of hydrogen-bond acceptors (Lipinski definition) is 4. The first-order chi connectivity index (χ1) is 7.91. The number of hydrogen-bond donors (Lipinski definition) is 3. The fourth-order valence-corrected chi connectivity index (χ4v) is 1.91. The summed E-state index contributed by atoms with van der Waals surface area (Å²) < 4.78 is 0. The number of carbonyl (C=O) groups excluding carboxylic acids is 1. The summed E-state index contributed by atoms with van der Waals surface area (Å²) in [5.74, 6) is 1.47. The molecule has 0 saturated heterocycles. The number of aromatic amines is 1. The van der Waals surface area contributed by atoms with E-state index < -0.39 is 0 Å². The predicted molar refractivity (Wildman–Crippen MR) is 66.3 cm³/mol. The quantitative estimate of drug-likeness (QED) is 0.715. The Kier molecular flexibility index (Phi) is 4.48. The highest BCUT2D eigenvalue weighted by Crippen LogP contribution is 2.19. The highest BCUT2D eigenvalue weighted by molar-refractivity contribution is 5.90. The summed E-state index contributed by atoms with van der Waals surface area (Å²) in [5.41, 5.74) is 5.34. The summed E-state index contributed by atoms with van der Waals surface area (Å²) in [7, 11) is 0. The van der Waals surface area contributed by atoms with Crippen LogP contribution in [0.1, 0.15) is 38.3 Å². The van der Waals surface area contributed by atoms with Crippen LogP contribution in [0.3, 0.4) is 0 Å². The highest BCUT2D eigenvalue weighted by Gasteiger charge is 2.19. The number of anilines is 1. The van der Waals surface area contributed by atoms with Gasteiger partial charge in [0.1, 0.15) is 0 Å². The molecule has 0 aliphatic heterocycles. The van der Waals surface area contributed by atoms with Crippen LogP contribution in [-0.2, 0) is 0 Å². The Hall–Kier alpha value is -1.59. The molecule has 0 atom stereocenters. The first kappa shape index (κ1) is 13.5. The van der Waals surface area contributed by atoms with Crippen molar-refractivity contribution in [3.8, 4) is 0 Å². The van der Waals surface area contributed by atoms with Crippen LogP contribution in [0.4, 0.5) is 5.95 Å². The minimum Gasteiger partial charge on any atom is -0.366 e. The minimum absolute atomic E-state index is 0.0828. The van der Waals surface area contributed by atoms with Crippen LogP contribution in [0.25, 0.3) is 0 Å². The minimum atomic E-state index is -0.263. The van der Waals surface area contributed by atoms with Gasteiger partial charge in [-0.15, -0.1) is 5.10 Å². The molecule has 1 rings (SSSR count). The number of nitrogens with zero attached hydrogens (tertiary/aromatic N) is 2. The van der Waals surface area contributed by atoms with Crippen molar-refractivity contribution in [1.29, 1.82) is 0 Å². The molecule has 0 unspecified atom stereocenters. The standard InChI is InChI=1S/C11H21N5O/c1-6(2)8(7(3)4)5-13-10(17)9-14-11(12)16-15-9/h6-8H,5H2,1-4H3,(H,13,17)(H3,12,14,15,16). The zero-order valence-electron chi connectivity index (χ0n) is 10.8. The largest absolute Gasteiger partial charge is 0.366 e. The van der Waals surface area contributed by atoms with E-state index in [4.69, 9.17) is 5.73 Å². The van der Waals surface area contributed by atoms with Crippen LogP contribution in [-0.4, -0.2) is 27.6 Å². The first-order valence-electron chi connectivity index (χ1n) is 5.88. The fourth-order valence-electron chi connectivity index (χ4n) is 1.91. The van der Waals surface area contributed by atoms with Gasteiger partial charge in [0.15, 0.2) is 0 Å². The molecule has 0 aliphatic rings. The fraction of sp³-hybridized carbons (Fsp3) is 0.727. The van der Waals surface area contributed by atoms with E-state index in [1.54, 1.807) is 0 Å². The maximum atomic E-state index is 11.7. The molecule has 1 heterocycles. The van der Waals surface area contributed by atoms with Crippen molar-refractivity contribution in [3.63, 3.8) is 0 Å². The van der Waals surface area contributed by atoms with Crippen molar-refractivity contribution in [2.24, 2.45) is 17.8 Å². The van der Waals surface area contributed by atoms with Crippen molar-refractivity contribution in [3.05, 3.63) is 5.82 Å². The normalized spacial score (nSPS) is 11.5. The number of nitrogens with one attached hydrogen (secondary N) is 2. The molecule has 1 aromatic rings.